The van der Waals surface area contributed by atoms with Gasteiger partial charge in [0.25, 0.3) is 11.8 Å². The van der Waals surface area contributed by atoms with Crippen molar-refractivity contribution in [2.75, 3.05) is 52.8 Å². The number of piperazine rings is 1. The smallest absolute Gasteiger partial charge is 0.276 e. The van der Waals surface area contributed by atoms with Gasteiger partial charge in [-0.25, -0.2) is 9.50 Å². The molecule has 1 fully saturated rings. The summed E-state index contributed by atoms with van der Waals surface area (Å²) in [5.74, 6) is 0.833. The van der Waals surface area contributed by atoms with Crippen molar-refractivity contribution >= 4 is 23.1 Å². The fraction of sp³-hybridized carbons (Fsp3) is 0.259. The number of likely N-dealkylation sites (N-methyl/N-ethyl adjacent to an activating group) is 1. The van der Waals surface area contributed by atoms with Crippen molar-refractivity contribution in [1.29, 1.82) is 0 Å². The highest BCUT2D eigenvalue weighted by molar-refractivity contribution is 6.04. The number of fused-ring (bicyclic) bond motifs is 1. The third-order valence-corrected chi connectivity index (χ3v) is 6.45. The van der Waals surface area contributed by atoms with Crippen molar-refractivity contribution in [1.82, 2.24) is 24.4 Å². The van der Waals surface area contributed by atoms with Gasteiger partial charge in [-0.1, -0.05) is 0 Å². The molecule has 10 nitrogen and oxygen atoms in total. The number of aromatic nitrogens is 3. The lowest BCUT2D eigenvalue weighted by Gasteiger charge is -2.32. The normalized spacial score (nSPS) is 14.0. The van der Waals surface area contributed by atoms with Crippen molar-refractivity contribution < 1.29 is 19.1 Å². The molecule has 2 amide bonds. The molecule has 3 heterocycles. The molecule has 0 aliphatic carbocycles. The second-order valence-corrected chi connectivity index (χ2v) is 8.83. The average Bonchev–Trinajstić information content (AvgIpc) is 3.38. The minimum Gasteiger partial charge on any atom is -0.493 e. The van der Waals surface area contributed by atoms with Crippen LogP contribution in [0.25, 0.3) is 16.9 Å². The standard InChI is InChI=1S/C27H28N6O4/c1-31-12-14-32(15-13-31)27(35)18-4-7-20(8-5-18)29-26(34)21-17-25-28-11-10-22(33(25)30-21)19-6-9-23(36-2)24(16-19)37-3/h4-11,16-17H,12-15H2,1-3H3,(H,29,34). The van der Waals surface area contributed by atoms with Crippen molar-refractivity contribution in [2.24, 2.45) is 0 Å². The Kier molecular flexibility index (Phi) is 6.74. The van der Waals surface area contributed by atoms with Crippen molar-refractivity contribution in [3.05, 3.63) is 72.1 Å². The van der Waals surface area contributed by atoms with Crippen LogP contribution in [0.3, 0.4) is 0 Å². The maximum absolute atomic E-state index is 13.0. The number of hydrogen-bond donors (Lipinski definition) is 1. The summed E-state index contributed by atoms with van der Waals surface area (Å²) in [4.78, 5) is 34.2. The van der Waals surface area contributed by atoms with Gasteiger partial charge in [-0.05, 0) is 55.6 Å². The van der Waals surface area contributed by atoms with E-state index >= 15 is 0 Å². The van der Waals surface area contributed by atoms with Crippen molar-refractivity contribution in [3.8, 4) is 22.8 Å². The minimum atomic E-state index is -0.373. The molecule has 10 heteroatoms. The average molecular weight is 501 g/mol. The molecule has 5 rings (SSSR count). The van der Waals surface area contributed by atoms with Gasteiger partial charge in [-0.3, -0.25) is 9.59 Å². The Labute approximate surface area is 214 Å². The first-order valence-corrected chi connectivity index (χ1v) is 11.9. The highest BCUT2D eigenvalue weighted by Crippen LogP contribution is 2.32. The molecule has 1 aliphatic rings. The highest BCUT2D eigenvalue weighted by atomic mass is 16.5. The van der Waals surface area contributed by atoms with Gasteiger partial charge < -0.3 is 24.6 Å². The number of nitrogens with zero attached hydrogens (tertiary/aromatic N) is 5. The van der Waals surface area contributed by atoms with Crippen LogP contribution < -0.4 is 14.8 Å². The molecule has 1 saturated heterocycles. The van der Waals surface area contributed by atoms with E-state index in [0.717, 1.165) is 24.3 Å². The zero-order valence-electron chi connectivity index (χ0n) is 21.0. The van der Waals surface area contributed by atoms with Crippen LogP contribution in [0.2, 0.25) is 0 Å². The van der Waals surface area contributed by atoms with Gasteiger partial charge in [-0.15, -0.1) is 0 Å². The van der Waals surface area contributed by atoms with E-state index < -0.39 is 0 Å². The number of hydrogen-bond acceptors (Lipinski definition) is 7. The largest absolute Gasteiger partial charge is 0.493 e. The van der Waals surface area contributed by atoms with Crippen molar-refractivity contribution in [2.45, 2.75) is 0 Å². The van der Waals surface area contributed by atoms with Gasteiger partial charge in [0.1, 0.15) is 0 Å². The summed E-state index contributed by atoms with van der Waals surface area (Å²) >= 11 is 0. The van der Waals surface area contributed by atoms with Crippen LogP contribution in [0.4, 0.5) is 5.69 Å². The Bertz CT molecular complexity index is 1440. The maximum atomic E-state index is 13.0. The number of ether oxygens (including phenoxy) is 2. The maximum Gasteiger partial charge on any atom is 0.276 e. The number of carbonyl (C=O) groups excluding carboxylic acids is 2. The number of amides is 2. The molecule has 190 valence electrons. The molecule has 0 saturated carbocycles. The summed E-state index contributed by atoms with van der Waals surface area (Å²) in [5.41, 5.74) is 3.50. The molecule has 1 aliphatic heterocycles. The zero-order chi connectivity index (χ0) is 25.9. The number of methoxy groups -OCH3 is 2. The molecule has 4 aromatic rings. The molecular formula is C27H28N6O4. The van der Waals surface area contributed by atoms with E-state index in [-0.39, 0.29) is 17.5 Å². The summed E-state index contributed by atoms with van der Waals surface area (Å²) < 4.78 is 12.4. The fourth-order valence-corrected chi connectivity index (χ4v) is 4.30. The molecule has 2 aromatic heterocycles. The predicted octanol–water partition coefficient (Wildman–Crippen LogP) is 3.05. The fourth-order valence-electron chi connectivity index (χ4n) is 4.30. The molecule has 37 heavy (non-hydrogen) atoms. The lowest BCUT2D eigenvalue weighted by Crippen LogP contribution is -2.47. The quantitative estimate of drug-likeness (QED) is 0.434. The van der Waals surface area contributed by atoms with Crippen LogP contribution in [-0.4, -0.2) is 83.7 Å². The summed E-state index contributed by atoms with van der Waals surface area (Å²) in [6, 6.07) is 15.9. The van der Waals surface area contributed by atoms with Crippen LogP contribution in [0, 0.1) is 0 Å². The van der Waals surface area contributed by atoms with Gasteiger partial charge in [0.15, 0.2) is 22.8 Å². The van der Waals surface area contributed by atoms with Crippen LogP contribution in [-0.2, 0) is 0 Å². The summed E-state index contributed by atoms with van der Waals surface area (Å²) in [6.45, 7) is 3.14. The van der Waals surface area contributed by atoms with E-state index in [2.05, 4.69) is 27.3 Å². The first kappa shape index (κ1) is 24.3. The van der Waals surface area contributed by atoms with Gasteiger partial charge in [0.05, 0.1) is 19.9 Å². The molecule has 0 atom stereocenters. The lowest BCUT2D eigenvalue weighted by atomic mass is 10.1. The molecule has 0 unspecified atom stereocenters. The van der Waals surface area contributed by atoms with E-state index in [1.54, 1.807) is 55.3 Å². The SMILES string of the molecule is COc1ccc(-c2ccnc3cc(C(=O)Nc4ccc(C(=O)N5CCN(C)CC5)cc4)nn23)cc1OC. The van der Waals surface area contributed by atoms with E-state index in [9.17, 15) is 9.59 Å². The van der Waals surface area contributed by atoms with Crippen LogP contribution >= 0.6 is 0 Å². The number of rotatable bonds is 6. The Morgan fingerprint density at radius 3 is 2.32 bits per heavy atom. The topological polar surface area (TPSA) is 101 Å². The van der Waals surface area contributed by atoms with Crippen LogP contribution in [0.5, 0.6) is 11.5 Å². The van der Waals surface area contributed by atoms with E-state index in [4.69, 9.17) is 9.47 Å². The Morgan fingerprint density at radius 1 is 0.892 bits per heavy atom. The van der Waals surface area contributed by atoms with E-state index in [1.807, 2.05) is 29.2 Å². The predicted molar refractivity (Wildman–Crippen MR) is 139 cm³/mol. The first-order valence-electron chi connectivity index (χ1n) is 11.9. The monoisotopic (exact) mass is 500 g/mol. The second-order valence-electron chi connectivity index (χ2n) is 8.83. The van der Waals surface area contributed by atoms with E-state index in [0.29, 0.717) is 41.5 Å². The number of carbonyl (C=O) groups is 2. The number of anilines is 1. The van der Waals surface area contributed by atoms with Crippen LogP contribution in [0.15, 0.2) is 60.8 Å². The lowest BCUT2D eigenvalue weighted by molar-refractivity contribution is 0.0664. The zero-order valence-corrected chi connectivity index (χ0v) is 21.0. The first-order chi connectivity index (χ1) is 18.0. The molecule has 1 N–H and O–H groups in total. The Morgan fingerprint density at radius 2 is 1.62 bits per heavy atom. The van der Waals surface area contributed by atoms with E-state index in [1.165, 1.54) is 0 Å². The Hall–Kier alpha value is -4.44. The molecular weight excluding hydrogens is 472 g/mol. The van der Waals surface area contributed by atoms with Gasteiger partial charge in [0.2, 0.25) is 0 Å². The van der Waals surface area contributed by atoms with Crippen LogP contribution in [0.1, 0.15) is 20.8 Å². The van der Waals surface area contributed by atoms with Crippen molar-refractivity contribution in [3.63, 3.8) is 0 Å². The number of nitrogens with one attached hydrogen (secondary N) is 1. The molecule has 0 bridgehead atoms. The molecule has 0 spiro atoms. The summed E-state index contributed by atoms with van der Waals surface area (Å²) in [7, 11) is 5.21. The molecule has 0 radical (unpaired) electrons. The van der Waals surface area contributed by atoms with Gasteiger partial charge >= 0.3 is 0 Å². The Balaban J connectivity index is 1.33. The van der Waals surface area contributed by atoms with Gasteiger partial charge in [-0.2, -0.15) is 5.10 Å². The molecule has 2 aromatic carbocycles. The second kappa shape index (κ2) is 10.3. The van der Waals surface area contributed by atoms with Gasteiger partial charge in [0, 0.05) is 55.3 Å². The summed E-state index contributed by atoms with van der Waals surface area (Å²) in [6.07, 6.45) is 1.67. The number of benzene rings is 2. The minimum absolute atomic E-state index is 0.0000866. The third-order valence-electron chi connectivity index (χ3n) is 6.45. The summed E-state index contributed by atoms with van der Waals surface area (Å²) in [5, 5.41) is 7.35. The third kappa shape index (κ3) is 4.96. The highest BCUT2D eigenvalue weighted by Gasteiger charge is 2.21.